The quantitative estimate of drug-likeness (QED) is 0.675. The molecule has 2 aromatic carbocycles. The van der Waals surface area contributed by atoms with Gasteiger partial charge in [-0.3, -0.25) is 4.79 Å². The molecule has 178 valence electrons. The van der Waals surface area contributed by atoms with Gasteiger partial charge in [-0.25, -0.2) is 8.42 Å². The molecule has 0 saturated carbocycles. The molecule has 4 rings (SSSR count). The molecule has 1 amide bonds. The minimum atomic E-state index is -3.59. The highest BCUT2D eigenvalue weighted by atomic mass is 32.2. The molecule has 2 heterocycles. The van der Waals surface area contributed by atoms with Crippen LogP contribution < -0.4 is 4.90 Å². The molecule has 2 fully saturated rings. The minimum Gasteiger partial charge on any atom is -0.368 e. The lowest BCUT2D eigenvalue weighted by Gasteiger charge is -2.37. The van der Waals surface area contributed by atoms with Crippen molar-refractivity contribution in [3.8, 4) is 0 Å². The van der Waals surface area contributed by atoms with E-state index in [2.05, 4.69) is 36.9 Å². The van der Waals surface area contributed by atoms with Crippen molar-refractivity contribution in [1.29, 1.82) is 0 Å². The number of aryl methyl sites for hydroxylation is 2. The van der Waals surface area contributed by atoms with E-state index in [1.54, 1.807) is 22.5 Å². The van der Waals surface area contributed by atoms with E-state index in [9.17, 15) is 13.2 Å². The number of rotatable bonds is 4. The number of carbonyl (C=O) groups excluding carboxylic acids is 1. The van der Waals surface area contributed by atoms with Gasteiger partial charge in [-0.15, -0.1) is 0 Å². The van der Waals surface area contributed by atoms with Gasteiger partial charge in [0.2, 0.25) is 10.0 Å². The number of nitrogens with zero attached hydrogens (tertiary/aromatic N) is 3. The molecule has 2 aliphatic heterocycles. The van der Waals surface area contributed by atoms with E-state index >= 15 is 0 Å². The molecule has 2 aromatic rings. The molecule has 33 heavy (non-hydrogen) atoms. The van der Waals surface area contributed by atoms with E-state index in [4.69, 9.17) is 0 Å². The number of piperazine rings is 1. The lowest BCUT2D eigenvalue weighted by atomic mass is 10.1. The van der Waals surface area contributed by atoms with Gasteiger partial charge in [0.25, 0.3) is 5.91 Å². The average molecular weight is 470 g/mol. The zero-order valence-corrected chi connectivity index (χ0v) is 20.8. The number of anilines is 1. The Morgan fingerprint density at radius 1 is 0.788 bits per heavy atom. The van der Waals surface area contributed by atoms with Gasteiger partial charge in [-0.1, -0.05) is 31.0 Å². The van der Waals surface area contributed by atoms with Crippen molar-refractivity contribution in [1.82, 2.24) is 9.21 Å². The summed E-state index contributed by atoms with van der Waals surface area (Å²) in [7, 11) is -3.59. The lowest BCUT2D eigenvalue weighted by Crippen LogP contribution is -2.49. The van der Waals surface area contributed by atoms with Gasteiger partial charge in [0.15, 0.2) is 0 Å². The fourth-order valence-corrected chi connectivity index (χ4v) is 6.37. The van der Waals surface area contributed by atoms with E-state index in [-0.39, 0.29) is 10.8 Å². The van der Waals surface area contributed by atoms with Crippen molar-refractivity contribution in [3.63, 3.8) is 0 Å². The Kier molecular flexibility index (Phi) is 7.10. The summed E-state index contributed by atoms with van der Waals surface area (Å²) in [5, 5.41) is 0. The molecular formula is C26H35N3O3S. The molecule has 2 aliphatic rings. The summed E-state index contributed by atoms with van der Waals surface area (Å²) in [6.07, 6.45) is 3.92. The van der Waals surface area contributed by atoms with Gasteiger partial charge in [0.1, 0.15) is 0 Å². The van der Waals surface area contributed by atoms with Gasteiger partial charge >= 0.3 is 0 Å². The highest BCUT2D eigenvalue weighted by Gasteiger charge is 2.28. The van der Waals surface area contributed by atoms with Gasteiger partial charge in [-0.2, -0.15) is 4.31 Å². The summed E-state index contributed by atoms with van der Waals surface area (Å²) < 4.78 is 28.1. The highest BCUT2D eigenvalue weighted by Crippen LogP contribution is 2.26. The molecule has 0 aromatic heterocycles. The molecule has 0 spiro atoms. The van der Waals surface area contributed by atoms with Gasteiger partial charge in [-0.05, 0) is 68.5 Å². The first-order valence-electron chi connectivity index (χ1n) is 12.0. The second-order valence-electron chi connectivity index (χ2n) is 9.29. The van der Waals surface area contributed by atoms with Crippen molar-refractivity contribution >= 4 is 21.6 Å². The predicted molar refractivity (Wildman–Crippen MR) is 132 cm³/mol. The Labute approximate surface area is 198 Å². The molecule has 0 atom stereocenters. The number of hydrogen-bond donors (Lipinski definition) is 0. The zero-order chi connectivity index (χ0) is 23.6. The first-order chi connectivity index (χ1) is 15.8. The first kappa shape index (κ1) is 23.8. The van der Waals surface area contributed by atoms with Crippen LogP contribution in [0.3, 0.4) is 0 Å². The molecule has 0 bridgehead atoms. The molecule has 0 unspecified atom stereocenters. The van der Waals surface area contributed by atoms with Crippen LogP contribution in [0, 0.1) is 20.8 Å². The lowest BCUT2D eigenvalue weighted by molar-refractivity contribution is 0.0745. The smallest absolute Gasteiger partial charge is 0.254 e. The third-order valence-corrected chi connectivity index (χ3v) is 9.02. The minimum absolute atomic E-state index is 0.0824. The molecule has 0 aliphatic carbocycles. The molecule has 0 radical (unpaired) electrons. The van der Waals surface area contributed by atoms with Crippen LogP contribution in [0.2, 0.25) is 0 Å². The standard InChI is InChI=1S/C26H35N3O3S/c1-20-9-8-10-25(22(20)3)27-15-17-28(18-16-27)26(30)24-19-23(12-11-21(24)2)33(31,32)29-13-6-4-5-7-14-29/h8-12,19H,4-7,13-18H2,1-3H3. The second-order valence-corrected chi connectivity index (χ2v) is 11.2. The highest BCUT2D eigenvalue weighted by molar-refractivity contribution is 7.89. The fraction of sp³-hybridized carbons (Fsp3) is 0.500. The Morgan fingerprint density at radius 3 is 2.12 bits per heavy atom. The molecular weight excluding hydrogens is 434 g/mol. The Morgan fingerprint density at radius 2 is 1.45 bits per heavy atom. The van der Waals surface area contributed by atoms with E-state index in [1.807, 2.05) is 11.8 Å². The summed E-state index contributed by atoms with van der Waals surface area (Å²) >= 11 is 0. The normalized spacial score (nSPS) is 18.3. The van der Waals surface area contributed by atoms with Crippen LogP contribution in [0.1, 0.15) is 52.7 Å². The SMILES string of the molecule is Cc1ccc(S(=O)(=O)N2CCCCCC2)cc1C(=O)N1CCN(c2cccc(C)c2C)CC1. The average Bonchev–Trinajstić information content (AvgIpc) is 3.11. The first-order valence-corrected chi connectivity index (χ1v) is 13.4. The Hall–Kier alpha value is -2.38. The van der Waals surface area contributed by atoms with Gasteiger partial charge < -0.3 is 9.80 Å². The van der Waals surface area contributed by atoms with Crippen LogP contribution >= 0.6 is 0 Å². The van der Waals surface area contributed by atoms with Gasteiger partial charge in [0, 0.05) is 50.5 Å². The van der Waals surface area contributed by atoms with Gasteiger partial charge in [0.05, 0.1) is 4.90 Å². The van der Waals surface area contributed by atoms with Crippen LogP contribution in [0.15, 0.2) is 41.3 Å². The third-order valence-electron chi connectivity index (χ3n) is 7.13. The van der Waals surface area contributed by atoms with Crippen LogP contribution in [0.4, 0.5) is 5.69 Å². The molecule has 7 heteroatoms. The maximum atomic E-state index is 13.4. The van der Waals surface area contributed by atoms with Crippen LogP contribution in [0.5, 0.6) is 0 Å². The number of hydrogen-bond acceptors (Lipinski definition) is 4. The number of benzene rings is 2. The topological polar surface area (TPSA) is 60.9 Å². The van der Waals surface area contributed by atoms with E-state index in [0.717, 1.165) is 44.3 Å². The summed E-state index contributed by atoms with van der Waals surface area (Å²) in [5.74, 6) is -0.0824. The number of amides is 1. The Bertz CT molecular complexity index is 1110. The molecule has 2 saturated heterocycles. The largest absolute Gasteiger partial charge is 0.368 e. The molecule has 6 nitrogen and oxygen atoms in total. The van der Waals surface area contributed by atoms with Crippen LogP contribution in [0.25, 0.3) is 0 Å². The van der Waals surface area contributed by atoms with E-state index in [0.29, 0.717) is 31.7 Å². The maximum absolute atomic E-state index is 13.4. The Balaban J connectivity index is 1.50. The summed E-state index contributed by atoms with van der Waals surface area (Å²) in [6.45, 7) is 10.0. The van der Waals surface area contributed by atoms with E-state index < -0.39 is 10.0 Å². The van der Waals surface area contributed by atoms with Crippen molar-refractivity contribution in [3.05, 3.63) is 58.7 Å². The van der Waals surface area contributed by atoms with Crippen molar-refractivity contribution in [2.45, 2.75) is 51.3 Å². The maximum Gasteiger partial charge on any atom is 0.254 e. The third kappa shape index (κ3) is 4.94. The van der Waals surface area contributed by atoms with Crippen LogP contribution in [-0.4, -0.2) is 62.8 Å². The summed E-state index contributed by atoms with van der Waals surface area (Å²) in [5.41, 5.74) is 5.07. The van der Waals surface area contributed by atoms with Crippen LogP contribution in [-0.2, 0) is 10.0 Å². The van der Waals surface area contributed by atoms with Crippen molar-refractivity contribution < 1.29 is 13.2 Å². The predicted octanol–water partition coefficient (Wildman–Crippen LogP) is 4.14. The number of carbonyl (C=O) groups is 1. The summed E-state index contributed by atoms with van der Waals surface area (Å²) in [6, 6.07) is 11.3. The van der Waals surface area contributed by atoms with Crippen molar-refractivity contribution in [2.75, 3.05) is 44.2 Å². The number of sulfonamides is 1. The van der Waals surface area contributed by atoms with E-state index in [1.165, 1.54) is 16.8 Å². The zero-order valence-electron chi connectivity index (χ0n) is 20.0. The monoisotopic (exact) mass is 469 g/mol. The van der Waals surface area contributed by atoms with Crippen molar-refractivity contribution in [2.24, 2.45) is 0 Å². The molecule has 0 N–H and O–H groups in total. The summed E-state index contributed by atoms with van der Waals surface area (Å²) in [4.78, 5) is 17.8. The fourth-order valence-electron chi connectivity index (χ4n) is 4.82. The second kappa shape index (κ2) is 9.85.